The summed E-state index contributed by atoms with van der Waals surface area (Å²) in [5, 5.41) is 0. The largest absolute Gasteiger partial charge is 0.340 e. The van der Waals surface area contributed by atoms with E-state index in [9.17, 15) is 4.79 Å². The maximum Gasteiger partial charge on any atom is 0.236 e. The van der Waals surface area contributed by atoms with Crippen LogP contribution in [0.25, 0.3) is 0 Å². The molecule has 5 nitrogen and oxygen atoms in total. The highest BCUT2D eigenvalue weighted by Crippen LogP contribution is 2.27. The maximum atomic E-state index is 12.9. The third-order valence-corrected chi connectivity index (χ3v) is 6.35. The van der Waals surface area contributed by atoms with Crippen LogP contribution >= 0.6 is 0 Å². The standard InChI is InChI=1S/C22H36N4O/c1-18-7-4-5-8-19(18)15-24-10-6-11-26(14-13-24)21(27)16-25-12-9-20(23)22(2,3)17-25/h4-5,7-8,20H,6,9-17,23H2,1-3H3. The zero-order valence-corrected chi connectivity index (χ0v) is 17.3. The molecule has 2 saturated heterocycles. The van der Waals surface area contributed by atoms with E-state index >= 15 is 0 Å². The van der Waals surface area contributed by atoms with Crippen molar-refractivity contribution in [1.29, 1.82) is 0 Å². The second-order valence-corrected chi connectivity index (χ2v) is 9.03. The first kappa shape index (κ1) is 20.3. The molecule has 2 fully saturated rings. The van der Waals surface area contributed by atoms with Gasteiger partial charge in [-0.1, -0.05) is 38.1 Å². The first-order valence-corrected chi connectivity index (χ1v) is 10.4. The molecule has 2 heterocycles. The van der Waals surface area contributed by atoms with Crippen molar-refractivity contribution in [3.05, 3.63) is 35.4 Å². The number of amides is 1. The molecule has 1 aromatic carbocycles. The number of likely N-dealkylation sites (tertiary alicyclic amines) is 1. The Balaban J connectivity index is 1.50. The van der Waals surface area contributed by atoms with Crippen molar-refractivity contribution < 1.29 is 4.79 Å². The monoisotopic (exact) mass is 372 g/mol. The number of hydrogen-bond acceptors (Lipinski definition) is 4. The summed E-state index contributed by atoms with van der Waals surface area (Å²) in [4.78, 5) is 19.7. The van der Waals surface area contributed by atoms with E-state index in [2.05, 4.69) is 59.7 Å². The molecule has 0 aromatic heterocycles. The Morgan fingerprint density at radius 3 is 2.63 bits per heavy atom. The molecule has 0 saturated carbocycles. The van der Waals surface area contributed by atoms with E-state index in [1.165, 1.54) is 11.1 Å². The van der Waals surface area contributed by atoms with Crippen LogP contribution in [-0.4, -0.2) is 72.5 Å². The summed E-state index contributed by atoms with van der Waals surface area (Å²) in [6.45, 7) is 13.7. The third-order valence-electron chi connectivity index (χ3n) is 6.35. The molecule has 27 heavy (non-hydrogen) atoms. The maximum absolute atomic E-state index is 12.9. The topological polar surface area (TPSA) is 52.8 Å². The number of rotatable bonds is 4. The van der Waals surface area contributed by atoms with Gasteiger partial charge in [0.15, 0.2) is 0 Å². The van der Waals surface area contributed by atoms with E-state index < -0.39 is 0 Å². The molecule has 0 bridgehead atoms. The molecular formula is C22H36N4O. The number of piperidine rings is 1. The Hall–Kier alpha value is -1.43. The van der Waals surface area contributed by atoms with Crippen molar-refractivity contribution >= 4 is 5.91 Å². The van der Waals surface area contributed by atoms with Gasteiger partial charge in [-0.15, -0.1) is 0 Å². The van der Waals surface area contributed by atoms with Gasteiger partial charge in [0.25, 0.3) is 0 Å². The van der Waals surface area contributed by atoms with Gasteiger partial charge in [0.1, 0.15) is 0 Å². The van der Waals surface area contributed by atoms with Crippen molar-refractivity contribution in [1.82, 2.24) is 14.7 Å². The van der Waals surface area contributed by atoms with E-state index in [0.717, 1.165) is 58.7 Å². The molecule has 0 spiro atoms. The highest BCUT2D eigenvalue weighted by molar-refractivity contribution is 5.78. The minimum Gasteiger partial charge on any atom is -0.340 e. The van der Waals surface area contributed by atoms with Crippen molar-refractivity contribution in [2.75, 3.05) is 45.8 Å². The zero-order valence-electron chi connectivity index (χ0n) is 17.3. The molecule has 1 atom stereocenters. The van der Waals surface area contributed by atoms with Crippen LogP contribution in [0.5, 0.6) is 0 Å². The van der Waals surface area contributed by atoms with Gasteiger partial charge in [-0.3, -0.25) is 14.6 Å². The molecule has 150 valence electrons. The minimum absolute atomic E-state index is 0.0850. The lowest BCUT2D eigenvalue weighted by atomic mass is 9.80. The average molecular weight is 373 g/mol. The van der Waals surface area contributed by atoms with Crippen LogP contribution in [0.2, 0.25) is 0 Å². The third kappa shape index (κ3) is 5.31. The van der Waals surface area contributed by atoms with Gasteiger partial charge < -0.3 is 10.6 Å². The van der Waals surface area contributed by atoms with Crippen LogP contribution in [0, 0.1) is 12.3 Å². The quantitative estimate of drug-likeness (QED) is 0.879. The highest BCUT2D eigenvalue weighted by atomic mass is 16.2. The fourth-order valence-electron chi connectivity index (χ4n) is 4.32. The fourth-order valence-corrected chi connectivity index (χ4v) is 4.32. The molecule has 2 N–H and O–H groups in total. The lowest BCUT2D eigenvalue weighted by molar-refractivity contribution is -0.133. The number of nitrogens with zero attached hydrogens (tertiary/aromatic N) is 3. The van der Waals surface area contributed by atoms with Gasteiger partial charge in [-0.25, -0.2) is 0 Å². The van der Waals surface area contributed by atoms with Gasteiger partial charge in [-0.05, 0) is 36.3 Å². The molecule has 1 amide bonds. The SMILES string of the molecule is Cc1ccccc1CN1CCCN(C(=O)CN2CCC(N)C(C)(C)C2)CC1. The van der Waals surface area contributed by atoms with Crippen LogP contribution in [-0.2, 0) is 11.3 Å². The zero-order chi connectivity index (χ0) is 19.4. The first-order chi connectivity index (χ1) is 12.8. The average Bonchev–Trinajstić information content (AvgIpc) is 2.86. The smallest absolute Gasteiger partial charge is 0.236 e. The van der Waals surface area contributed by atoms with Gasteiger partial charge >= 0.3 is 0 Å². The van der Waals surface area contributed by atoms with Crippen LogP contribution in [0.4, 0.5) is 0 Å². The predicted molar refractivity (Wildman–Crippen MR) is 110 cm³/mol. The summed E-state index contributed by atoms with van der Waals surface area (Å²) in [5.74, 6) is 0.277. The van der Waals surface area contributed by atoms with Crippen molar-refractivity contribution in [3.63, 3.8) is 0 Å². The Labute approximate surface area is 164 Å². The molecule has 0 aliphatic carbocycles. The molecule has 0 radical (unpaired) electrons. The summed E-state index contributed by atoms with van der Waals surface area (Å²) >= 11 is 0. The summed E-state index contributed by atoms with van der Waals surface area (Å²) in [5.41, 5.74) is 9.06. The molecule has 3 rings (SSSR count). The summed E-state index contributed by atoms with van der Waals surface area (Å²) < 4.78 is 0. The minimum atomic E-state index is 0.0850. The van der Waals surface area contributed by atoms with Crippen molar-refractivity contribution in [2.24, 2.45) is 11.1 Å². The number of hydrogen-bond donors (Lipinski definition) is 1. The fraction of sp³-hybridized carbons (Fsp3) is 0.682. The van der Waals surface area contributed by atoms with Gasteiger partial charge in [0.05, 0.1) is 6.54 Å². The van der Waals surface area contributed by atoms with Crippen LogP contribution in [0.15, 0.2) is 24.3 Å². The van der Waals surface area contributed by atoms with E-state index in [1.54, 1.807) is 0 Å². The Bertz CT molecular complexity index is 645. The second-order valence-electron chi connectivity index (χ2n) is 9.03. The predicted octanol–water partition coefficient (Wildman–Crippen LogP) is 2.09. The van der Waals surface area contributed by atoms with E-state index in [0.29, 0.717) is 6.54 Å². The Morgan fingerprint density at radius 1 is 1.11 bits per heavy atom. The lowest BCUT2D eigenvalue weighted by Crippen LogP contribution is -2.54. The van der Waals surface area contributed by atoms with Crippen LogP contribution in [0.1, 0.15) is 37.8 Å². The number of benzene rings is 1. The number of nitrogens with two attached hydrogens (primary N) is 1. The Morgan fingerprint density at radius 2 is 1.89 bits per heavy atom. The molecule has 2 aliphatic heterocycles. The summed E-state index contributed by atoms with van der Waals surface area (Å²) in [6, 6.07) is 8.83. The number of carbonyl (C=O) groups excluding carboxylic acids is 1. The van der Waals surface area contributed by atoms with E-state index in [1.807, 2.05) is 0 Å². The van der Waals surface area contributed by atoms with E-state index in [-0.39, 0.29) is 17.4 Å². The number of carbonyl (C=O) groups is 1. The second kappa shape index (κ2) is 8.72. The number of aryl methyl sites for hydroxylation is 1. The van der Waals surface area contributed by atoms with Crippen LogP contribution < -0.4 is 5.73 Å². The van der Waals surface area contributed by atoms with Crippen molar-refractivity contribution in [3.8, 4) is 0 Å². The molecule has 1 unspecified atom stereocenters. The molecular weight excluding hydrogens is 336 g/mol. The molecule has 5 heteroatoms. The molecule has 2 aliphatic rings. The Kier molecular flexibility index (Phi) is 6.56. The highest BCUT2D eigenvalue weighted by Gasteiger charge is 2.34. The summed E-state index contributed by atoms with van der Waals surface area (Å²) in [7, 11) is 0. The van der Waals surface area contributed by atoms with Crippen molar-refractivity contribution in [2.45, 2.75) is 46.2 Å². The lowest BCUT2D eigenvalue weighted by Gasteiger charge is -2.42. The van der Waals surface area contributed by atoms with Crippen LogP contribution in [0.3, 0.4) is 0 Å². The van der Waals surface area contributed by atoms with Gasteiger partial charge in [-0.2, -0.15) is 0 Å². The van der Waals surface area contributed by atoms with Gasteiger partial charge in [0, 0.05) is 51.9 Å². The normalized spacial score (nSPS) is 24.6. The van der Waals surface area contributed by atoms with Gasteiger partial charge in [0.2, 0.25) is 5.91 Å². The molecule has 1 aromatic rings. The summed E-state index contributed by atoms with van der Waals surface area (Å²) in [6.07, 6.45) is 2.03. The first-order valence-electron chi connectivity index (χ1n) is 10.4. The van der Waals surface area contributed by atoms with E-state index in [4.69, 9.17) is 5.73 Å².